The van der Waals surface area contributed by atoms with Crippen LogP contribution in [-0.4, -0.2) is 25.1 Å². The van der Waals surface area contributed by atoms with Crippen LogP contribution in [0.15, 0.2) is 17.5 Å². The Kier molecular flexibility index (Phi) is 3.76. The highest BCUT2D eigenvalue weighted by Crippen LogP contribution is 2.14. The lowest BCUT2D eigenvalue weighted by molar-refractivity contribution is 0.0986. The van der Waals surface area contributed by atoms with Crippen molar-refractivity contribution in [3.8, 4) is 0 Å². The van der Waals surface area contributed by atoms with E-state index in [1.54, 1.807) is 17.5 Å². The molecule has 0 spiro atoms. The smallest absolute Gasteiger partial charge is 0.234 e. The van der Waals surface area contributed by atoms with Crippen molar-refractivity contribution >= 4 is 32.6 Å². The zero-order valence-electron chi connectivity index (χ0n) is 8.04. The van der Waals surface area contributed by atoms with Crippen LogP contribution < -0.4 is 0 Å². The maximum Gasteiger partial charge on any atom is 0.234 e. The van der Waals surface area contributed by atoms with Gasteiger partial charge in [0.15, 0.2) is 5.78 Å². The Morgan fingerprint density at radius 1 is 1.60 bits per heavy atom. The molecular weight excluding hydrogens is 236 g/mol. The third-order valence-corrected chi connectivity index (χ3v) is 4.43. The molecular formula is C9H10O4S2. The minimum absolute atomic E-state index is 0.0978. The molecule has 0 aromatic carbocycles. The number of hydrogen-bond donors (Lipinski definition) is 0. The van der Waals surface area contributed by atoms with E-state index in [1.165, 1.54) is 18.3 Å². The van der Waals surface area contributed by atoms with Crippen LogP contribution in [0.1, 0.15) is 23.0 Å². The van der Waals surface area contributed by atoms with Crippen LogP contribution in [0.25, 0.3) is 0 Å². The van der Waals surface area contributed by atoms with Gasteiger partial charge in [0.05, 0.1) is 10.1 Å². The molecule has 0 saturated carbocycles. The molecule has 4 nitrogen and oxygen atoms in total. The molecule has 6 heteroatoms. The van der Waals surface area contributed by atoms with Crippen LogP contribution in [0.4, 0.5) is 0 Å². The second kappa shape index (κ2) is 4.67. The Morgan fingerprint density at radius 2 is 2.27 bits per heavy atom. The fourth-order valence-corrected chi connectivity index (χ4v) is 2.26. The molecule has 1 unspecified atom stereocenters. The lowest BCUT2D eigenvalue weighted by Crippen LogP contribution is -2.21. The Hall–Kier alpha value is -1.01. The molecule has 15 heavy (non-hydrogen) atoms. The summed E-state index contributed by atoms with van der Waals surface area (Å²) >= 11 is 1.26. The molecule has 1 heterocycles. The van der Waals surface area contributed by atoms with Gasteiger partial charge in [0, 0.05) is 6.42 Å². The first-order valence-electron chi connectivity index (χ1n) is 4.23. The quantitative estimate of drug-likeness (QED) is 0.580. The zero-order chi connectivity index (χ0) is 11.5. The van der Waals surface area contributed by atoms with Crippen LogP contribution in [0.5, 0.6) is 0 Å². The van der Waals surface area contributed by atoms with Crippen molar-refractivity contribution in [2.24, 2.45) is 0 Å². The molecule has 0 aliphatic rings. The van der Waals surface area contributed by atoms with Crippen molar-refractivity contribution in [1.82, 2.24) is 0 Å². The van der Waals surface area contributed by atoms with E-state index < -0.39 is 15.1 Å². The molecule has 0 bridgehead atoms. The molecule has 0 aliphatic carbocycles. The Balaban J connectivity index is 2.72. The summed E-state index contributed by atoms with van der Waals surface area (Å²) in [4.78, 5) is 22.3. The zero-order valence-corrected chi connectivity index (χ0v) is 9.68. The van der Waals surface area contributed by atoms with E-state index in [9.17, 15) is 18.0 Å². The summed E-state index contributed by atoms with van der Waals surface area (Å²) in [7, 11) is -3.78. The van der Waals surface area contributed by atoms with Gasteiger partial charge < -0.3 is 0 Å². The molecule has 0 fully saturated rings. The van der Waals surface area contributed by atoms with E-state index >= 15 is 0 Å². The summed E-state index contributed by atoms with van der Waals surface area (Å²) in [6.07, 6.45) is -0.151. The van der Waals surface area contributed by atoms with Gasteiger partial charge in [0.1, 0.15) is 0 Å². The topological polar surface area (TPSA) is 68.3 Å². The molecule has 0 radical (unpaired) electrons. The Labute approximate surface area is 91.8 Å². The molecule has 0 aliphatic heterocycles. The number of carbonyl (C=O) groups is 2. The average Bonchev–Trinajstić information content (AvgIpc) is 2.70. The molecule has 82 valence electrons. The number of hydrogen-bond acceptors (Lipinski definition) is 5. The van der Waals surface area contributed by atoms with Crippen LogP contribution in [0.2, 0.25) is 0 Å². The van der Waals surface area contributed by atoms with Crippen LogP contribution in [0.3, 0.4) is 0 Å². The van der Waals surface area contributed by atoms with Crippen LogP contribution in [-0.2, 0) is 14.6 Å². The molecule has 0 saturated heterocycles. The van der Waals surface area contributed by atoms with Crippen molar-refractivity contribution in [3.63, 3.8) is 0 Å². The number of Topliss-reactive ketones (excluding diaryl/α,β-unsaturated/α-hetero) is 1. The minimum atomic E-state index is -3.78. The first kappa shape index (κ1) is 12.1. The number of ketones is 1. The van der Waals surface area contributed by atoms with Crippen molar-refractivity contribution in [2.45, 2.75) is 18.6 Å². The van der Waals surface area contributed by atoms with Gasteiger partial charge in [-0.1, -0.05) is 6.07 Å². The highest BCUT2D eigenvalue weighted by atomic mass is 32.2. The average molecular weight is 246 g/mol. The fourth-order valence-electron chi connectivity index (χ4n) is 1.01. The van der Waals surface area contributed by atoms with E-state index in [-0.39, 0.29) is 17.8 Å². The van der Waals surface area contributed by atoms with E-state index in [1.807, 2.05) is 0 Å². The van der Waals surface area contributed by atoms with Crippen LogP contribution >= 0.6 is 11.3 Å². The van der Waals surface area contributed by atoms with Gasteiger partial charge >= 0.3 is 0 Å². The van der Waals surface area contributed by atoms with E-state index in [4.69, 9.17) is 0 Å². The monoisotopic (exact) mass is 246 g/mol. The normalized spacial score (nSPS) is 13.4. The third-order valence-electron chi connectivity index (χ3n) is 1.96. The minimum Gasteiger partial charge on any atom is -0.293 e. The lowest BCUT2D eigenvalue weighted by atomic mass is 10.2. The number of carbonyl (C=O) groups excluding carboxylic acids is 2. The molecule has 0 N–H and O–H groups in total. The van der Waals surface area contributed by atoms with Gasteiger partial charge in [0.25, 0.3) is 0 Å². The Bertz CT molecular complexity index is 444. The summed E-state index contributed by atoms with van der Waals surface area (Å²) < 4.78 is 22.2. The first-order chi connectivity index (χ1) is 6.97. The van der Waals surface area contributed by atoms with E-state index in [0.717, 1.165) is 0 Å². The van der Waals surface area contributed by atoms with Crippen molar-refractivity contribution in [2.75, 3.05) is 0 Å². The third kappa shape index (κ3) is 2.97. The van der Waals surface area contributed by atoms with Crippen molar-refractivity contribution in [1.29, 1.82) is 0 Å². The van der Waals surface area contributed by atoms with E-state index in [0.29, 0.717) is 4.88 Å². The van der Waals surface area contributed by atoms with Crippen molar-refractivity contribution in [3.05, 3.63) is 22.4 Å². The second-order valence-electron chi connectivity index (χ2n) is 3.10. The predicted octanol–water partition coefficient (Wildman–Crippen LogP) is 1.31. The largest absolute Gasteiger partial charge is 0.293 e. The predicted molar refractivity (Wildman–Crippen MR) is 58.4 cm³/mol. The van der Waals surface area contributed by atoms with E-state index in [2.05, 4.69) is 0 Å². The van der Waals surface area contributed by atoms with Gasteiger partial charge in [-0.2, -0.15) is 0 Å². The molecule has 1 atom stereocenters. The van der Waals surface area contributed by atoms with Gasteiger partial charge in [-0.05, 0) is 18.4 Å². The maximum atomic E-state index is 11.5. The maximum absolute atomic E-state index is 11.5. The molecule has 1 aromatic rings. The van der Waals surface area contributed by atoms with Gasteiger partial charge in [-0.3, -0.25) is 9.59 Å². The standard InChI is InChI=1S/C9H10O4S2/c1-7(15(12,13)6-10)5-8(11)9-3-2-4-14-9/h2-4,6-7H,5H2,1H3. The summed E-state index contributed by atoms with van der Waals surface area (Å²) in [5.41, 5.74) is -0.0978. The molecule has 1 rings (SSSR count). The van der Waals surface area contributed by atoms with Crippen LogP contribution in [0, 0.1) is 0 Å². The SMILES string of the molecule is CC(CC(=O)c1cccs1)S(=O)(=O)C=O. The Morgan fingerprint density at radius 3 is 2.73 bits per heavy atom. The highest BCUT2D eigenvalue weighted by molar-refractivity contribution is 8.04. The number of rotatable bonds is 5. The number of thiophene rings is 1. The first-order valence-corrected chi connectivity index (χ1v) is 6.72. The highest BCUT2D eigenvalue weighted by Gasteiger charge is 2.23. The fraction of sp³-hybridized carbons (Fsp3) is 0.333. The summed E-state index contributed by atoms with van der Waals surface area (Å²) in [5, 5.41) is 0.788. The van der Waals surface area contributed by atoms with Gasteiger partial charge in [0.2, 0.25) is 15.5 Å². The van der Waals surface area contributed by atoms with Gasteiger partial charge in [-0.25, -0.2) is 8.42 Å². The lowest BCUT2D eigenvalue weighted by Gasteiger charge is -2.05. The molecule has 0 amide bonds. The second-order valence-corrected chi connectivity index (χ2v) is 6.22. The van der Waals surface area contributed by atoms with Crippen molar-refractivity contribution < 1.29 is 18.0 Å². The molecule has 1 aromatic heterocycles. The summed E-state index contributed by atoms with van der Waals surface area (Å²) in [5.74, 6) is -0.247. The number of sulfone groups is 1. The summed E-state index contributed by atoms with van der Waals surface area (Å²) in [6.45, 7) is 1.36. The summed E-state index contributed by atoms with van der Waals surface area (Å²) in [6, 6.07) is 3.35. The van der Waals surface area contributed by atoms with Gasteiger partial charge in [-0.15, -0.1) is 11.3 Å².